The van der Waals surface area contributed by atoms with Crippen LogP contribution in [0.4, 0.5) is 0 Å². The zero-order chi connectivity index (χ0) is 12.8. The zero-order valence-corrected chi connectivity index (χ0v) is 11.9. The van der Waals surface area contributed by atoms with E-state index in [-0.39, 0.29) is 0 Å². The van der Waals surface area contributed by atoms with Crippen molar-refractivity contribution in [3.63, 3.8) is 0 Å². The molecule has 2 unspecified atom stereocenters. The fourth-order valence-corrected chi connectivity index (χ4v) is 3.46. The second kappa shape index (κ2) is 4.38. The molecule has 2 aliphatic carbocycles. The van der Waals surface area contributed by atoms with Gasteiger partial charge in [0, 0.05) is 18.0 Å². The molecule has 3 rings (SSSR count). The van der Waals surface area contributed by atoms with Crippen molar-refractivity contribution < 1.29 is 0 Å². The molecule has 0 aliphatic heterocycles. The second-order valence-electron chi connectivity index (χ2n) is 6.50. The summed E-state index contributed by atoms with van der Waals surface area (Å²) in [5, 5.41) is 3.76. The lowest BCUT2D eigenvalue weighted by Crippen LogP contribution is -2.30. The van der Waals surface area contributed by atoms with Gasteiger partial charge in [-0.1, -0.05) is 42.7 Å². The number of hydrogen-bond acceptors (Lipinski definition) is 1. The first-order valence-corrected chi connectivity index (χ1v) is 7.46. The van der Waals surface area contributed by atoms with Gasteiger partial charge in [-0.05, 0) is 44.6 Å². The summed E-state index contributed by atoms with van der Waals surface area (Å²) in [6.07, 6.45) is 5.48. The third kappa shape index (κ3) is 2.21. The van der Waals surface area contributed by atoms with E-state index in [0.29, 0.717) is 5.41 Å². The van der Waals surface area contributed by atoms with Crippen LogP contribution in [0.1, 0.15) is 49.3 Å². The molecular formula is C17H25N. The molecule has 0 radical (unpaired) electrons. The molecule has 1 aromatic carbocycles. The highest BCUT2D eigenvalue weighted by Crippen LogP contribution is 2.56. The van der Waals surface area contributed by atoms with Crippen molar-refractivity contribution in [2.24, 2.45) is 5.92 Å². The summed E-state index contributed by atoms with van der Waals surface area (Å²) in [5.74, 6) is 0.893. The predicted octanol–water partition coefficient (Wildman–Crippen LogP) is 3.72. The van der Waals surface area contributed by atoms with Gasteiger partial charge in [-0.3, -0.25) is 0 Å². The van der Waals surface area contributed by atoms with Crippen LogP contribution >= 0.6 is 0 Å². The van der Waals surface area contributed by atoms with Crippen LogP contribution in [-0.4, -0.2) is 12.6 Å². The Bertz CT molecular complexity index is 427. The molecule has 0 spiro atoms. The second-order valence-corrected chi connectivity index (χ2v) is 6.50. The molecule has 2 atom stereocenters. The standard InChI is InChI=1S/C17H25N/c1-4-14-10-17(14,11-18-16-5-6-16)15-8-12(2)7-13(3)9-15/h7-9,14,16,18H,4-6,10-11H2,1-3H3. The normalized spacial score (nSPS) is 30.5. The molecule has 2 saturated carbocycles. The average Bonchev–Trinajstić information content (AvgIpc) is 3.21. The number of nitrogens with one attached hydrogen (secondary N) is 1. The van der Waals surface area contributed by atoms with Gasteiger partial charge in [0.25, 0.3) is 0 Å². The molecule has 2 fully saturated rings. The van der Waals surface area contributed by atoms with E-state index in [9.17, 15) is 0 Å². The van der Waals surface area contributed by atoms with Crippen LogP contribution in [-0.2, 0) is 5.41 Å². The minimum absolute atomic E-state index is 0.452. The summed E-state index contributed by atoms with van der Waals surface area (Å²) in [4.78, 5) is 0. The van der Waals surface area contributed by atoms with Crippen molar-refractivity contribution in [2.75, 3.05) is 6.54 Å². The molecule has 1 heteroatoms. The molecule has 1 N–H and O–H groups in total. The topological polar surface area (TPSA) is 12.0 Å². The Morgan fingerprint density at radius 3 is 2.33 bits per heavy atom. The van der Waals surface area contributed by atoms with Gasteiger partial charge in [-0.15, -0.1) is 0 Å². The molecule has 0 bridgehead atoms. The molecule has 1 nitrogen and oxygen atoms in total. The lowest BCUT2D eigenvalue weighted by atomic mass is 9.89. The Morgan fingerprint density at radius 1 is 1.17 bits per heavy atom. The summed E-state index contributed by atoms with van der Waals surface area (Å²) in [7, 11) is 0. The van der Waals surface area contributed by atoms with Gasteiger partial charge in [-0.25, -0.2) is 0 Å². The van der Waals surface area contributed by atoms with Crippen LogP contribution in [0.25, 0.3) is 0 Å². The number of rotatable bonds is 5. The fraction of sp³-hybridized carbons (Fsp3) is 0.647. The van der Waals surface area contributed by atoms with E-state index in [0.717, 1.165) is 12.0 Å². The Kier molecular flexibility index (Phi) is 2.97. The van der Waals surface area contributed by atoms with Gasteiger partial charge in [0.15, 0.2) is 0 Å². The van der Waals surface area contributed by atoms with Gasteiger partial charge >= 0.3 is 0 Å². The fourth-order valence-electron chi connectivity index (χ4n) is 3.46. The van der Waals surface area contributed by atoms with Crippen molar-refractivity contribution in [2.45, 2.75) is 57.9 Å². The summed E-state index contributed by atoms with van der Waals surface area (Å²) < 4.78 is 0. The summed E-state index contributed by atoms with van der Waals surface area (Å²) in [6, 6.07) is 7.94. The first-order chi connectivity index (χ1) is 8.64. The van der Waals surface area contributed by atoms with Crippen LogP contribution < -0.4 is 5.32 Å². The first-order valence-electron chi connectivity index (χ1n) is 7.46. The van der Waals surface area contributed by atoms with Gasteiger partial charge in [0.05, 0.1) is 0 Å². The average molecular weight is 243 g/mol. The van der Waals surface area contributed by atoms with E-state index in [1.165, 1.54) is 43.4 Å². The van der Waals surface area contributed by atoms with Crippen LogP contribution in [0.2, 0.25) is 0 Å². The monoisotopic (exact) mass is 243 g/mol. The first kappa shape index (κ1) is 12.2. The summed E-state index contributed by atoms with van der Waals surface area (Å²) >= 11 is 0. The maximum atomic E-state index is 3.76. The Balaban J connectivity index is 1.83. The van der Waals surface area contributed by atoms with E-state index in [2.05, 4.69) is 44.3 Å². The molecule has 98 valence electrons. The minimum atomic E-state index is 0.452. The van der Waals surface area contributed by atoms with Crippen molar-refractivity contribution in [3.8, 4) is 0 Å². The van der Waals surface area contributed by atoms with Crippen LogP contribution in [0, 0.1) is 19.8 Å². The quantitative estimate of drug-likeness (QED) is 0.831. The van der Waals surface area contributed by atoms with E-state index >= 15 is 0 Å². The number of benzene rings is 1. The van der Waals surface area contributed by atoms with E-state index in [4.69, 9.17) is 0 Å². The number of aryl methyl sites for hydroxylation is 2. The van der Waals surface area contributed by atoms with Gasteiger partial charge in [0.2, 0.25) is 0 Å². The van der Waals surface area contributed by atoms with E-state index in [1.807, 2.05) is 0 Å². The van der Waals surface area contributed by atoms with Crippen LogP contribution in [0.3, 0.4) is 0 Å². The molecular weight excluding hydrogens is 218 g/mol. The summed E-state index contributed by atoms with van der Waals surface area (Å²) in [5.41, 5.74) is 4.86. The van der Waals surface area contributed by atoms with Crippen molar-refractivity contribution in [3.05, 3.63) is 34.9 Å². The largest absolute Gasteiger partial charge is 0.313 e. The molecule has 0 aromatic heterocycles. The SMILES string of the molecule is CCC1CC1(CNC1CC1)c1cc(C)cc(C)c1. The lowest BCUT2D eigenvalue weighted by molar-refractivity contribution is 0.521. The molecule has 0 amide bonds. The summed E-state index contributed by atoms with van der Waals surface area (Å²) in [6.45, 7) is 7.98. The molecule has 2 aliphatic rings. The minimum Gasteiger partial charge on any atom is -0.313 e. The highest BCUT2D eigenvalue weighted by Gasteiger charge is 2.54. The van der Waals surface area contributed by atoms with Crippen LogP contribution in [0.15, 0.2) is 18.2 Å². The highest BCUT2D eigenvalue weighted by atomic mass is 15.0. The molecule has 1 aromatic rings. The third-order valence-electron chi connectivity index (χ3n) is 4.80. The highest BCUT2D eigenvalue weighted by molar-refractivity contribution is 5.39. The van der Waals surface area contributed by atoms with Crippen molar-refractivity contribution in [1.82, 2.24) is 5.32 Å². The molecule has 18 heavy (non-hydrogen) atoms. The smallest absolute Gasteiger partial charge is 0.0109 e. The van der Waals surface area contributed by atoms with E-state index in [1.54, 1.807) is 5.56 Å². The van der Waals surface area contributed by atoms with Crippen LogP contribution in [0.5, 0.6) is 0 Å². The predicted molar refractivity (Wildman–Crippen MR) is 77.0 cm³/mol. The van der Waals surface area contributed by atoms with Gasteiger partial charge in [0.1, 0.15) is 0 Å². The van der Waals surface area contributed by atoms with Crippen molar-refractivity contribution in [1.29, 1.82) is 0 Å². The number of hydrogen-bond donors (Lipinski definition) is 1. The Morgan fingerprint density at radius 2 is 1.83 bits per heavy atom. The van der Waals surface area contributed by atoms with Gasteiger partial charge < -0.3 is 5.32 Å². The third-order valence-corrected chi connectivity index (χ3v) is 4.80. The zero-order valence-electron chi connectivity index (χ0n) is 11.9. The van der Waals surface area contributed by atoms with Crippen molar-refractivity contribution >= 4 is 0 Å². The van der Waals surface area contributed by atoms with E-state index < -0.39 is 0 Å². The molecule has 0 heterocycles. The molecule has 0 saturated heterocycles. The maximum Gasteiger partial charge on any atom is 0.0109 e. The van der Waals surface area contributed by atoms with Gasteiger partial charge in [-0.2, -0.15) is 0 Å². The Hall–Kier alpha value is -0.820. The lowest BCUT2D eigenvalue weighted by Gasteiger charge is -2.20. The Labute approximate surface area is 111 Å². The maximum absolute atomic E-state index is 3.76.